The quantitative estimate of drug-likeness (QED) is 0.435. The van der Waals surface area contributed by atoms with Crippen molar-refractivity contribution >= 4 is 11.5 Å². The van der Waals surface area contributed by atoms with Crippen molar-refractivity contribution in [1.82, 2.24) is 10.6 Å². The average molecular weight is 251 g/mol. The summed E-state index contributed by atoms with van der Waals surface area (Å²) in [5.41, 5.74) is 7.46. The van der Waals surface area contributed by atoms with Crippen LogP contribution in [0.25, 0.3) is 0 Å². The third-order valence-electron chi connectivity index (χ3n) is 2.24. The average Bonchev–Trinajstić information content (AvgIpc) is 2.35. The van der Waals surface area contributed by atoms with Crippen LogP contribution in [0.5, 0.6) is 0 Å². The van der Waals surface area contributed by atoms with Gasteiger partial charge < -0.3 is 10.8 Å². The number of rotatable bonds is 2. The smallest absolute Gasteiger partial charge is 0.280 e. The number of nitrogens with zero attached hydrogens (tertiary/aromatic N) is 3. The van der Waals surface area contributed by atoms with E-state index in [9.17, 15) is 20.4 Å². The number of hydroxylamine groups is 1. The summed E-state index contributed by atoms with van der Waals surface area (Å²) in [6.45, 7) is 0. The van der Waals surface area contributed by atoms with Crippen LogP contribution in [-0.4, -0.2) is 26.2 Å². The van der Waals surface area contributed by atoms with Gasteiger partial charge in [-0.25, -0.2) is 0 Å². The number of aliphatic imine (C=N–C) groups is 1. The lowest BCUT2D eigenvalue weighted by Gasteiger charge is -2.23. The first-order chi connectivity index (χ1) is 8.50. The zero-order valence-corrected chi connectivity index (χ0v) is 8.94. The highest BCUT2D eigenvalue weighted by Gasteiger charge is 2.24. The number of benzene rings is 1. The number of nitro groups is 1. The predicted octanol–water partition coefficient (Wildman–Crippen LogP) is 0.194. The third-order valence-corrected chi connectivity index (χ3v) is 2.24. The lowest BCUT2D eigenvalue weighted by molar-refractivity contribution is -0.385. The molecule has 0 aromatic heterocycles. The van der Waals surface area contributed by atoms with Gasteiger partial charge in [0.15, 0.2) is 5.84 Å². The van der Waals surface area contributed by atoms with Crippen LogP contribution in [0.4, 0.5) is 5.69 Å². The second kappa shape index (κ2) is 4.22. The van der Waals surface area contributed by atoms with E-state index in [0.717, 1.165) is 0 Å². The van der Waals surface area contributed by atoms with Crippen molar-refractivity contribution in [3.63, 3.8) is 0 Å². The summed E-state index contributed by atoms with van der Waals surface area (Å²) >= 11 is 0. The molecule has 18 heavy (non-hydrogen) atoms. The van der Waals surface area contributed by atoms with Gasteiger partial charge in [-0.2, -0.15) is 4.99 Å². The number of aliphatic hydroxyl groups is 1. The molecule has 0 saturated carbocycles. The monoisotopic (exact) mass is 251 g/mol. The van der Waals surface area contributed by atoms with Crippen molar-refractivity contribution in [1.29, 1.82) is 0 Å². The molecule has 94 valence electrons. The van der Waals surface area contributed by atoms with Gasteiger partial charge in [-0.3, -0.25) is 20.7 Å². The number of nitrogens with two attached hydrogens (primary N) is 1. The molecule has 0 spiro atoms. The molecule has 1 aliphatic rings. The van der Waals surface area contributed by atoms with Gasteiger partial charge in [0.1, 0.15) is 0 Å². The maximum atomic E-state index is 10.8. The Kier molecular flexibility index (Phi) is 2.73. The van der Waals surface area contributed by atoms with Gasteiger partial charge in [0.2, 0.25) is 5.82 Å². The molecule has 0 atom stereocenters. The van der Waals surface area contributed by atoms with Crippen molar-refractivity contribution in [2.45, 2.75) is 0 Å². The van der Waals surface area contributed by atoms with E-state index in [4.69, 9.17) is 5.73 Å². The number of nitrogens with one attached hydrogen (secondary N) is 1. The van der Waals surface area contributed by atoms with Gasteiger partial charge >= 0.3 is 0 Å². The van der Waals surface area contributed by atoms with E-state index in [-0.39, 0.29) is 17.1 Å². The van der Waals surface area contributed by atoms with Crippen molar-refractivity contribution in [2.75, 3.05) is 0 Å². The lowest BCUT2D eigenvalue weighted by atomic mass is 10.1. The van der Waals surface area contributed by atoms with E-state index in [1.165, 1.54) is 18.2 Å². The molecule has 9 heteroatoms. The maximum absolute atomic E-state index is 10.8. The second-order valence-electron chi connectivity index (χ2n) is 3.37. The van der Waals surface area contributed by atoms with E-state index in [2.05, 4.69) is 10.4 Å². The van der Waals surface area contributed by atoms with E-state index >= 15 is 0 Å². The fourth-order valence-corrected chi connectivity index (χ4v) is 1.40. The summed E-state index contributed by atoms with van der Waals surface area (Å²) in [6, 6.07) is 5.76. The summed E-state index contributed by atoms with van der Waals surface area (Å²) in [6.07, 6.45) is 0. The Hall–Kier alpha value is -2.81. The number of para-hydroxylation sites is 1. The Morgan fingerprint density at radius 2 is 2.11 bits per heavy atom. The highest BCUT2D eigenvalue weighted by Crippen LogP contribution is 2.20. The molecule has 0 aliphatic carbocycles. The summed E-state index contributed by atoms with van der Waals surface area (Å²) in [7, 11) is 0. The number of nitro benzene ring substituents is 1. The number of amidine groups is 1. The number of aliphatic hydroxyl groups excluding tert-OH is 1. The molecule has 1 aromatic carbocycles. The fraction of sp³-hybridized carbons (Fsp3) is 0. The molecule has 2 rings (SSSR count). The molecule has 1 aromatic rings. The SMILES string of the molecule is NC1=C(O)N=C(c2ccccc2[N+](=O)[O-])NN1O. The first-order valence-corrected chi connectivity index (χ1v) is 4.77. The Bertz CT molecular complexity index is 568. The molecule has 0 amide bonds. The number of hydrogen-bond donors (Lipinski definition) is 4. The predicted molar refractivity (Wildman–Crippen MR) is 60.2 cm³/mol. The van der Waals surface area contributed by atoms with Crippen molar-refractivity contribution in [3.8, 4) is 0 Å². The Labute approximate surface area is 101 Å². The molecular formula is C9H9N5O4. The van der Waals surface area contributed by atoms with Gasteiger partial charge in [0.05, 0.1) is 10.5 Å². The van der Waals surface area contributed by atoms with Crippen LogP contribution in [0, 0.1) is 10.1 Å². The molecule has 0 unspecified atom stereocenters. The van der Waals surface area contributed by atoms with Crippen LogP contribution >= 0.6 is 0 Å². The number of hydrazine groups is 1. The normalized spacial score (nSPS) is 15.2. The van der Waals surface area contributed by atoms with Crippen LogP contribution in [0.1, 0.15) is 5.56 Å². The first-order valence-electron chi connectivity index (χ1n) is 4.77. The molecule has 0 fully saturated rings. The standard InChI is InChI=1S/C9H9N5O4/c10-7-9(15)11-8(12-13(7)16)5-3-1-2-4-6(5)14(17)18/h1-4,15-16H,10H2,(H,11,12). The summed E-state index contributed by atoms with van der Waals surface area (Å²) in [5, 5.41) is 29.9. The molecule has 5 N–H and O–H groups in total. The highest BCUT2D eigenvalue weighted by molar-refractivity contribution is 6.02. The maximum Gasteiger partial charge on any atom is 0.280 e. The zero-order chi connectivity index (χ0) is 13.3. The lowest BCUT2D eigenvalue weighted by Crippen LogP contribution is -2.45. The molecule has 0 saturated heterocycles. The molecule has 0 radical (unpaired) electrons. The van der Waals surface area contributed by atoms with Crippen LogP contribution in [0.3, 0.4) is 0 Å². The van der Waals surface area contributed by atoms with Gasteiger partial charge in [0.25, 0.3) is 11.6 Å². The van der Waals surface area contributed by atoms with Crippen molar-refractivity contribution < 1.29 is 15.2 Å². The molecule has 9 nitrogen and oxygen atoms in total. The van der Waals surface area contributed by atoms with Gasteiger partial charge in [-0.15, -0.1) is 5.17 Å². The fourth-order valence-electron chi connectivity index (χ4n) is 1.40. The zero-order valence-electron chi connectivity index (χ0n) is 8.94. The largest absolute Gasteiger partial charge is 0.491 e. The molecule has 1 aliphatic heterocycles. The summed E-state index contributed by atoms with van der Waals surface area (Å²) in [4.78, 5) is 13.9. The minimum atomic E-state index is -0.635. The number of hydrogen-bond acceptors (Lipinski definition) is 8. The Morgan fingerprint density at radius 1 is 1.44 bits per heavy atom. The highest BCUT2D eigenvalue weighted by atomic mass is 16.6. The molecule has 0 bridgehead atoms. The van der Waals surface area contributed by atoms with E-state index in [1.54, 1.807) is 6.07 Å². The van der Waals surface area contributed by atoms with Crippen LogP contribution < -0.4 is 11.2 Å². The minimum absolute atomic E-state index is 0.0866. The second-order valence-corrected chi connectivity index (χ2v) is 3.37. The Morgan fingerprint density at radius 3 is 2.72 bits per heavy atom. The minimum Gasteiger partial charge on any atom is -0.491 e. The van der Waals surface area contributed by atoms with Gasteiger partial charge in [0, 0.05) is 6.07 Å². The summed E-state index contributed by atoms with van der Waals surface area (Å²) in [5.74, 6) is -1.13. The van der Waals surface area contributed by atoms with E-state index < -0.39 is 16.6 Å². The van der Waals surface area contributed by atoms with Crippen LogP contribution in [0.15, 0.2) is 41.0 Å². The Balaban J connectivity index is 2.51. The first kappa shape index (κ1) is 11.7. The van der Waals surface area contributed by atoms with E-state index in [0.29, 0.717) is 5.17 Å². The van der Waals surface area contributed by atoms with Gasteiger partial charge in [-0.05, 0) is 6.07 Å². The molecule has 1 heterocycles. The van der Waals surface area contributed by atoms with Crippen molar-refractivity contribution in [3.05, 3.63) is 51.6 Å². The van der Waals surface area contributed by atoms with Gasteiger partial charge in [-0.1, -0.05) is 12.1 Å². The molecular weight excluding hydrogens is 242 g/mol. The third kappa shape index (κ3) is 1.89. The summed E-state index contributed by atoms with van der Waals surface area (Å²) < 4.78 is 0. The topological polar surface area (TPSA) is 137 Å². The van der Waals surface area contributed by atoms with Crippen LogP contribution in [0.2, 0.25) is 0 Å². The van der Waals surface area contributed by atoms with E-state index in [1.807, 2.05) is 0 Å². The van der Waals surface area contributed by atoms with Crippen LogP contribution in [-0.2, 0) is 0 Å². The van der Waals surface area contributed by atoms with Crippen molar-refractivity contribution in [2.24, 2.45) is 10.7 Å².